The van der Waals surface area contributed by atoms with Crippen LogP contribution in [0.1, 0.15) is 119 Å². The van der Waals surface area contributed by atoms with Crippen molar-refractivity contribution in [1.29, 1.82) is 0 Å². The largest absolute Gasteiger partial charge is 0.393 e. The van der Waals surface area contributed by atoms with Gasteiger partial charge in [-0.1, -0.05) is 53.9 Å². The molecule has 0 aromatic rings. The molecule has 9 atom stereocenters. The molecule has 4 aliphatic rings. The SMILES string of the molecule is CC(C)=N/N=C1\C[C@H]2[C@@H]3CC[C@H]([C@H](C)CCCC(C)C)[C@@]3(C)CC[C@@H]2[C@@]2(C)CC[C@H](O)CC12. The maximum absolute atomic E-state index is 10.6. The van der Waals surface area contributed by atoms with Crippen molar-refractivity contribution in [2.45, 2.75) is 125 Å². The summed E-state index contributed by atoms with van der Waals surface area (Å²) >= 11 is 0. The van der Waals surface area contributed by atoms with Crippen molar-refractivity contribution in [2.75, 3.05) is 0 Å². The summed E-state index contributed by atoms with van der Waals surface area (Å²) in [5.41, 5.74) is 3.15. The maximum atomic E-state index is 10.6. The quantitative estimate of drug-likeness (QED) is 0.320. The second-order valence-corrected chi connectivity index (χ2v) is 13.7. The molecule has 0 heterocycles. The minimum Gasteiger partial charge on any atom is -0.393 e. The molecule has 0 aromatic carbocycles. The first-order valence-electron chi connectivity index (χ1n) is 14.3. The zero-order valence-corrected chi connectivity index (χ0v) is 22.7. The Labute approximate surface area is 204 Å². The van der Waals surface area contributed by atoms with Crippen molar-refractivity contribution in [3.8, 4) is 0 Å². The van der Waals surface area contributed by atoms with Crippen molar-refractivity contribution in [2.24, 2.45) is 62.5 Å². The van der Waals surface area contributed by atoms with Crippen LogP contribution >= 0.6 is 0 Å². The summed E-state index contributed by atoms with van der Waals surface area (Å²) in [6, 6.07) is 0. The molecule has 3 heteroatoms. The van der Waals surface area contributed by atoms with E-state index in [1.54, 1.807) is 0 Å². The standard InChI is InChI=1S/C30H52N2O/c1-19(2)9-8-10-21(5)24-11-12-25-23-18-28(32-31-20(3)4)27-17-22(33)13-15-30(27,7)26(23)14-16-29(24,25)6/h19,21-27,33H,8-18H2,1-7H3/b32-28+/t21-,22+,23+,24-,25+,26+,27?,29-,30-/m1/s1. The van der Waals surface area contributed by atoms with Crippen LogP contribution in [0.2, 0.25) is 0 Å². The molecular weight excluding hydrogens is 404 g/mol. The van der Waals surface area contributed by atoms with E-state index in [4.69, 9.17) is 5.10 Å². The number of rotatable bonds is 6. The lowest BCUT2D eigenvalue weighted by molar-refractivity contribution is -0.0938. The normalized spacial score (nSPS) is 44.8. The molecular formula is C30H52N2O. The predicted octanol–water partition coefficient (Wildman–Crippen LogP) is 7.92. The summed E-state index contributed by atoms with van der Waals surface area (Å²) in [5, 5.41) is 20.0. The first-order valence-corrected chi connectivity index (χ1v) is 14.3. The van der Waals surface area contributed by atoms with Gasteiger partial charge in [0.1, 0.15) is 0 Å². The Morgan fingerprint density at radius 3 is 2.36 bits per heavy atom. The first-order chi connectivity index (χ1) is 15.6. The van der Waals surface area contributed by atoms with Gasteiger partial charge < -0.3 is 5.11 Å². The van der Waals surface area contributed by atoms with Crippen molar-refractivity contribution in [3.05, 3.63) is 0 Å². The number of aliphatic hydroxyl groups is 1. The smallest absolute Gasteiger partial charge is 0.0547 e. The highest BCUT2D eigenvalue weighted by atomic mass is 16.3. The zero-order chi connectivity index (χ0) is 24.0. The van der Waals surface area contributed by atoms with Crippen LogP contribution in [0.3, 0.4) is 0 Å². The van der Waals surface area contributed by atoms with E-state index in [1.807, 2.05) is 13.8 Å². The van der Waals surface area contributed by atoms with Gasteiger partial charge in [0.2, 0.25) is 0 Å². The second kappa shape index (κ2) is 9.75. The highest BCUT2D eigenvalue weighted by Crippen LogP contribution is 2.68. The van der Waals surface area contributed by atoms with E-state index in [9.17, 15) is 5.11 Å². The van der Waals surface area contributed by atoms with Gasteiger partial charge in [-0.2, -0.15) is 10.2 Å². The van der Waals surface area contributed by atoms with Crippen LogP contribution in [0.4, 0.5) is 0 Å². The average molecular weight is 457 g/mol. The Morgan fingerprint density at radius 1 is 0.970 bits per heavy atom. The molecule has 1 N–H and O–H groups in total. The Balaban J connectivity index is 1.58. The molecule has 0 spiro atoms. The monoisotopic (exact) mass is 456 g/mol. The van der Waals surface area contributed by atoms with Gasteiger partial charge in [0.15, 0.2) is 0 Å². The van der Waals surface area contributed by atoms with Gasteiger partial charge in [0.25, 0.3) is 0 Å². The summed E-state index contributed by atoms with van der Waals surface area (Å²) in [6.07, 6.45) is 13.8. The van der Waals surface area contributed by atoms with Crippen LogP contribution in [0.5, 0.6) is 0 Å². The van der Waals surface area contributed by atoms with Crippen LogP contribution in [0.15, 0.2) is 10.2 Å². The number of hydrogen-bond acceptors (Lipinski definition) is 3. The van der Waals surface area contributed by atoms with Gasteiger partial charge in [-0.25, -0.2) is 0 Å². The van der Waals surface area contributed by atoms with E-state index < -0.39 is 0 Å². The molecule has 0 aromatic heterocycles. The second-order valence-electron chi connectivity index (χ2n) is 13.7. The highest BCUT2D eigenvalue weighted by Gasteiger charge is 2.62. The number of nitrogens with zero attached hydrogens (tertiary/aromatic N) is 2. The van der Waals surface area contributed by atoms with Gasteiger partial charge >= 0.3 is 0 Å². The fraction of sp³-hybridized carbons (Fsp3) is 0.933. The summed E-state index contributed by atoms with van der Waals surface area (Å²) in [4.78, 5) is 0. The van der Waals surface area contributed by atoms with E-state index in [1.165, 1.54) is 50.7 Å². The molecule has 188 valence electrons. The van der Waals surface area contributed by atoms with E-state index in [0.717, 1.165) is 66.9 Å². The van der Waals surface area contributed by atoms with Gasteiger partial charge in [-0.15, -0.1) is 0 Å². The predicted molar refractivity (Wildman–Crippen MR) is 141 cm³/mol. The Morgan fingerprint density at radius 2 is 1.67 bits per heavy atom. The van der Waals surface area contributed by atoms with Crippen LogP contribution in [0.25, 0.3) is 0 Å². The first kappa shape index (κ1) is 25.4. The number of hydrogen-bond donors (Lipinski definition) is 1. The number of fused-ring (bicyclic) bond motifs is 5. The minimum atomic E-state index is -0.159. The number of aliphatic hydroxyl groups excluding tert-OH is 1. The fourth-order valence-corrected chi connectivity index (χ4v) is 9.35. The Hall–Kier alpha value is -0.700. The van der Waals surface area contributed by atoms with E-state index in [-0.39, 0.29) is 6.10 Å². The molecule has 1 unspecified atom stereocenters. The van der Waals surface area contributed by atoms with Gasteiger partial charge in [-0.05, 0) is 112 Å². The lowest BCUT2D eigenvalue weighted by atomic mass is 9.44. The van der Waals surface area contributed by atoms with Crippen molar-refractivity contribution < 1.29 is 5.11 Å². The lowest BCUT2D eigenvalue weighted by Crippen LogP contribution is -2.57. The molecule has 4 rings (SSSR count). The zero-order valence-electron chi connectivity index (χ0n) is 22.7. The van der Waals surface area contributed by atoms with Crippen LogP contribution in [0, 0.1) is 52.3 Å². The van der Waals surface area contributed by atoms with Gasteiger partial charge in [-0.3, -0.25) is 0 Å². The van der Waals surface area contributed by atoms with Crippen LogP contribution in [-0.2, 0) is 0 Å². The van der Waals surface area contributed by atoms with E-state index >= 15 is 0 Å². The van der Waals surface area contributed by atoms with Crippen LogP contribution in [-0.4, -0.2) is 22.6 Å². The molecule has 0 amide bonds. The summed E-state index contributed by atoms with van der Waals surface area (Å²) in [6.45, 7) is 16.6. The van der Waals surface area contributed by atoms with Gasteiger partial charge in [0, 0.05) is 17.3 Å². The topological polar surface area (TPSA) is 45.0 Å². The van der Waals surface area contributed by atoms with Crippen LogP contribution < -0.4 is 0 Å². The Kier molecular flexibility index (Phi) is 7.50. The molecule has 0 bridgehead atoms. The average Bonchev–Trinajstić information content (AvgIpc) is 3.10. The maximum Gasteiger partial charge on any atom is 0.0547 e. The molecule has 4 aliphatic carbocycles. The molecule has 33 heavy (non-hydrogen) atoms. The summed E-state index contributed by atoms with van der Waals surface area (Å²) in [7, 11) is 0. The molecule has 0 radical (unpaired) electrons. The minimum absolute atomic E-state index is 0.159. The molecule has 4 saturated carbocycles. The molecule has 4 fully saturated rings. The molecule has 0 aliphatic heterocycles. The molecule has 0 saturated heterocycles. The third-order valence-electron chi connectivity index (χ3n) is 11.0. The van der Waals surface area contributed by atoms with Crippen molar-refractivity contribution in [3.63, 3.8) is 0 Å². The summed E-state index contributed by atoms with van der Waals surface area (Å²) < 4.78 is 0. The fourth-order valence-electron chi connectivity index (χ4n) is 9.35. The van der Waals surface area contributed by atoms with E-state index in [2.05, 4.69) is 39.7 Å². The molecule has 3 nitrogen and oxygen atoms in total. The third-order valence-corrected chi connectivity index (χ3v) is 11.0. The van der Waals surface area contributed by atoms with Gasteiger partial charge in [0.05, 0.1) is 6.10 Å². The van der Waals surface area contributed by atoms with Crippen molar-refractivity contribution in [1.82, 2.24) is 0 Å². The third kappa shape index (κ3) is 4.74. The summed E-state index contributed by atoms with van der Waals surface area (Å²) in [5.74, 6) is 5.40. The highest BCUT2D eigenvalue weighted by molar-refractivity contribution is 5.90. The van der Waals surface area contributed by atoms with Crippen molar-refractivity contribution >= 4 is 11.4 Å². The lowest BCUT2D eigenvalue weighted by Gasteiger charge is -2.61. The Bertz CT molecular complexity index is 752. The van der Waals surface area contributed by atoms with E-state index in [0.29, 0.717) is 16.7 Å².